The van der Waals surface area contributed by atoms with E-state index in [-0.39, 0.29) is 0 Å². The van der Waals surface area contributed by atoms with Crippen LogP contribution in [0.1, 0.15) is 10.6 Å². The van der Waals surface area contributed by atoms with Gasteiger partial charge in [-0.15, -0.1) is 11.3 Å². The molecule has 0 bridgehead atoms. The quantitative estimate of drug-likeness (QED) is 0.943. The first-order valence-corrected chi connectivity index (χ1v) is 8.11. The molecule has 2 aromatic rings. The van der Waals surface area contributed by atoms with E-state index in [1.807, 2.05) is 6.92 Å². The fourth-order valence-corrected chi connectivity index (χ4v) is 3.00. The van der Waals surface area contributed by atoms with Crippen LogP contribution < -0.4 is 5.32 Å². The molecule has 0 saturated heterocycles. The number of guanidine groups is 1. The van der Waals surface area contributed by atoms with Gasteiger partial charge in [-0.25, -0.2) is 4.98 Å². The number of nitrogens with zero attached hydrogens (tertiary/aromatic N) is 3. The minimum absolute atomic E-state index is 0.903. The van der Waals surface area contributed by atoms with Crippen molar-refractivity contribution in [2.24, 2.45) is 4.99 Å². The third kappa shape index (κ3) is 3.42. The minimum atomic E-state index is 0.903. The molecule has 1 N–H and O–H groups in total. The Morgan fingerprint density at radius 1 is 1.29 bits per heavy atom. The van der Waals surface area contributed by atoms with Gasteiger partial charge in [0, 0.05) is 31.1 Å². The Labute approximate surface area is 129 Å². The zero-order valence-corrected chi connectivity index (χ0v) is 13.3. The summed E-state index contributed by atoms with van der Waals surface area (Å²) >= 11 is 1.69. The fourth-order valence-electron chi connectivity index (χ4n) is 2.38. The standard InChI is InChI=1S/C16H20N4S/c1-12-19-15(11-21-12)14-5-3-13(4-6-14)7-8-17-16-18-9-10-20(16)2/h3-6,11H,7-10H2,1-2H3,(H,17,18). The van der Waals surface area contributed by atoms with E-state index in [0.29, 0.717) is 0 Å². The highest BCUT2D eigenvalue weighted by atomic mass is 32.1. The van der Waals surface area contributed by atoms with Gasteiger partial charge in [0.25, 0.3) is 0 Å². The smallest absolute Gasteiger partial charge is 0.193 e. The Morgan fingerprint density at radius 2 is 2.10 bits per heavy atom. The molecule has 110 valence electrons. The summed E-state index contributed by atoms with van der Waals surface area (Å²) in [6.45, 7) is 4.87. The Bertz CT molecular complexity index is 630. The van der Waals surface area contributed by atoms with Crippen LogP contribution in [0.5, 0.6) is 0 Å². The van der Waals surface area contributed by atoms with E-state index in [2.05, 4.69) is 56.9 Å². The van der Waals surface area contributed by atoms with E-state index in [4.69, 9.17) is 0 Å². The van der Waals surface area contributed by atoms with E-state index in [0.717, 1.165) is 42.7 Å². The van der Waals surface area contributed by atoms with Gasteiger partial charge in [0.15, 0.2) is 5.96 Å². The van der Waals surface area contributed by atoms with Gasteiger partial charge >= 0.3 is 0 Å². The van der Waals surface area contributed by atoms with E-state index in [1.165, 1.54) is 11.1 Å². The molecule has 0 saturated carbocycles. The van der Waals surface area contributed by atoms with Gasteiger partial charge in [0.1, 0.15) is 0 Å². The summed E-state index contributed by atoms with van der Waals surface area (Å²) in [5, 5.41) is 6.62. The number of hydrogen-bond donors (Lipinski definition) is 1. The maximum Gasteiger partial charge on any atom is 0.193 e. The molecular weight excluding hydrogens is 280 g/mol. The summed E-state index contributed by atoms with van der Waals surface area (Å²) in [5.74, 6) is 1.02. The SMILES string of the molecule is Cc1nc(-c2ccc(CCNC3=NCCN3C)cc2)cs1. The highest BCUT2D eigenvalue weighted by molar-refractivity contribution is 7.09. The van der Waals surface area contributed by atoms with E-state index in [9.17, 15) is 0 Å². The molecule has 2 heterocycles. The average Bonchev–Trinajstić information content (AvgIpc) is 3.09. The predicted molar refractivity (Wildman–Crippen MR) is 88.9 cm³/mol. The maximum atomic E-state index is 4.52. The number of rotatable bonds is 4. The number of hydrogen-bond acceptors (Lipinski definition) is 5. The Hall–Kier alpha value is -1.88. The first-order valence-electron chi connectivity index (χ1n) is 7.23. The van der Waals surface area contributed by atoms with Crippen molar-refractivity contribution >= 4 is 17.3 Å². The minimum Gasteiger partial charge on any atom is -0.356 e. The van der Waals surface area contributed by atoms with Crippen LogP contribution in [-0.2, 0) is 6.42 Å². The summed E-state index contributed by atoms with van der Waals surface area (Å²) in [7, 11) is 2.07. The molecular formula is C16H20N4S. The van der Waals surface area contributed by atoms with Crippen molar-refractivity contribution in [2.45, 2.75) is 13.3 Å². The summed E-state index contributed by atoms with van der Waals surface area (Å²) in [6.07, 6.45) is 1.00. The maximum absolute atomic E-state index is 4.52. The molecule has 0 aliphatic carbocycles. The van der Waals surface area contributed by atoms with Crippen molar-refractivity contribution in [3.8, 4) is 11.3 Å². The Kier molecular flexibility index (Phi) is 4.20. The van der Waals surface area contributed by atoms with Crippen LogP contribution >= 0.6 is 11.3 Å². The molecule has 1 aliphatic heterocycles. The first-order chi connectivity index (χ1) is 10.2. The summed E-state index contributed by atoms with van der Waals surface area (Å²) in [4.78, 5) is 11.1. The summed E-state index contributed by atoms with van der Waals surface area (Å²) in [6, 6.07) is 8.68. The van der Waals surface area contributed by atoms with E-state index >= 15 is 0 Å². The van der Waals surface area contributed by atoms with Crippen molar-refractivity contribution in [1.82, 2.24) is 15.2 Å². The third-order valence-corrected chi connectivity index (χ3v) is 4.40. The highest BCUT2D eigenvalue weighted by Crippen LogP contribution is 2.21. The molecule has 0 spiro atoms. The molecule has 3 rings (SSSR count). The van der Waals surface area contributed by atoms with Crippen LogP contribution in [0.4, 0.5) is 0 Å². The molecule has 0 amide bonds. The number of nitrogens with one attached hydrogen (secondary N) is 1. The van der Waals surface area contributed by atoms with Gasteiger partial charge in [0.05, 0.1) is 17.2 Å². The normalized spacial score (nSPS) is 14.4. The lowest BCUT2D eigenvalue weighted by Gasteiger charge is -2.15. The predicted octanol–water partition coefficient (Wildman–Crippen LogP) is 2.55. The van der Waals surface area contributed by atoms with Crippen molar-refractivity contribution in [2.75, 3.05) is 26.7 Å². The molecule has 1 aliphatic rings. The van der Waals surface area contributed by atoms with Crippen LogP contribution in [0.2, 0.25) is 0 Å². The lowest BCUT2D eigenvalue weighted by Crippen LogP contribution is -2.36. The van der Waals surface area contributed by atoms with Gasteiger partial charge in [-0.1, -0.05) is 24.3 Å². The number of thiazole rings is 1. The zero-order chi connectivity index (χ0) is 14.7. The monoisotopic (exact) mass is 300 g/mol. The molecule has 1 aromatic carbocycles. The van der Waals surface area contributed by atoms with Crippen LogP contribution in [0, 0.1) is 6.92 Å². The molecule has 5 heteroatoms. The topological polar surface area (TPSA) is 40.5 Å². The van der Waals surface area contributed by atoms with Crippen molar-refractivity contribution in [1.29, 1.82) is 0 Å². The van der Waals surface area contributed by atoms with E-state index < -0.39 is 0 Å². The number of aryl methyl sites for hydroxylation is 1. The summed E-state index contributed by atoms with van der Waals surface area (Å²) in [5.41, 5.74) is 3.60. The number of aliphatic imine (C=N–C) groups is 1. The Morgan fingerprint density at radius 3 is 2.71 bits per heavy atom. The van der Waals surface area contributed by atoms with Crippen LogP contribution in [0.15, 0.2) is 34.6 Å². The molecule has 0 atom stereocenters. The largest absolute Gasteiger partial charge is 0.356 e. The first kappa shape index (κ1) is 14.1. The molecule has 0 fully saturated rings. The molecule has 4 nitrogen and oxygen atoms in total. The van der Waals surface area contributed by atoms with Gasteiger partial charge in [-0.05, 0) is 18.9 Å². The highest BCUT2D eigenvalue weighted by Gasteiger charge is 2.10. The summed E-state index contributed by atoms with van der Waals surface area (Å²) < 4.78 is 0. The second kappa shape index (κ2) is 6.26. The van der Waals surface area contributed by atoms with Gasteiger partial charge in [-0.3, -0.25) is 4.99 Å². The van der Waals surface area contributed by atoms with Crippen LogP contribution in [-0.4, -0.2) is 42.5 Å². The van der Waals surface area contributed by atoms with Crippen LogP contribution in [0.3, 0.4) is 0 Å². The zero-order valence-electron chi connectivity index (χ0n) is 12.5. The lowest BCUT2D eigenvalue weighted by molar-refractivity contribution is 0.534. The van der Waals surface area contributed by atoms with E-state index in [1.54, 1.807) is 11.3 Å². The van der Waals surface area contributed by atoms with Crippen molar-refractivity contribution < 1.29 is 0 Å². The molecule has 1 aromatic heterocycles. The Balaban J connectivity index is 1.55. The number of aromatic nitrogens is 1. The second-order valence-corrected chi connectivity index (χ2v) is 6.31. The van der Waals surface area contributed by atoms with Crippen LogP contribution in [0.25, 0.3) is 11.3 Å². The molecule has 0 radical (unpaired) electrons. The average molecular weight is 300 g/mol. The number of likely N-dealkylation sites (N-methyl/N-ethyl adjacent to an activating group) is 1. The fraction of sp³-hybridized carbons (Fsp3) is 0.375. The number of benzene rings is 1. The molecule has 21 heavy (non-hydrogen) atoms. The van der Waals surface area contributed by atoms with Crippen molar-refractivity contribution in [3.05, 3.63) is 40.2 Å². The molecule has 0 unspecified atom stereocenters. The third-order valence-electron chi connectivity index (χ3n) is 3.62. The second-order valence-electron chi connectivity index (χ2n) is 5.25. The van der Waals surface area contributed by atoms with Gasteiger partial charge < -0.3 is 10.2 Å². The van der Waals surface area contributed by atoms with Gasteiger partial charge in [-0.2, -0.15) is 0 Å². The van der Waals surface area contributed by atoms with Crippen molar-refractivity contribution in [3.63, 3.8) is 0 Å². The van der Waals surface area contributed by atoms with Gasteiger partial charge in [0.2, 0.25) is 0 Å². The lowest BCUT2D eigenvalue weighted by atomic mass is 10.1.